The molecule has 5 heteroatoms. The third-order valence-corrected chi connectivity index (χ3v) is 2.08. The van der Waals surface area contributed by atoms with Crippen LogP contribution in [0.15, 0.2) is 24.5 Å². The molecule has 2 heterocycles. The van der Waals surface area contributed by atoms with Crippen molar-refractivity contribution in [3.8, 4) is 0 Å². The zero-order chi connectivity index (χ0) is 9.80. The fourth-order valence-electron chi connectivity index (χ4n) is 1.35. The van der Waals surface area contributed by atoms with Crippen molar-refractivity contribution in [1.82, 2.24) is 9.99 Å². The lowest BCUT2D eigenvalue weighted by Crippen LogP contribution is -2.50. The van der Waals surface area contributed by atoms with E-state index in [2.05, 4.69) is 10.7 Å². The van der Waals surface area contributed by atoms with Crippen LogP contribution in [0.4, 0.5) is 0 Å². The molecule has 0 aromatic carbocycles. The number of ether oxygens (including phenoxy) is 1. The highest BCUT2D eigenvalue weighted by molar-refractivity contribution is 5.88. The van der Waals surface area contributed by atoms with Crippen LogP contribution in [-0.4, -0.2) is 36.4 Å². The van der Waals surface area contributed by atoms with Gasteiger partial charge in [0.2, 0.25) is 0 Å². The number of hydrogen-bond acceptors (Lipinski definition) is 3. The highest BCUT2D eigenvalue weighted by atomic mass is 16.5. The van der Waals surface area contributed by atoms with Crippen molar-refractivity contribution in [2.75, 3.05) is 25.2 Å². The number of morpholine rings is 1. The number of amides is 1. The summed E-state index contributed by atoms with van der Waals surface area (Å²) in [5, 5.41) is 3.08. The molecule has 1 atom stereocenters. The largest absolute Gasteiger partial charge is 0.378 e. The summed E-state index contributed by atoms with van der Waals surface area (Å²) in [5.74, 6) is -0.0686. The van der Waals surface area contributed by atoms with Crippen LogP contribution >= 0.6 is 0 Å². The lowest BCUT2D eigenvalue weighted by molar-refractivity contribution is -0.121. The van der Waals surface area contributed by atoms with E-state index < -0.39 is 0 Å². The van der Waals surface area contributed by atoms with Gasteiger partial charge in [0.05, 0.1) is 13.2 Å². The van der Waals surface area contributed by atoms with Crippen molar-refractivity contribution in [2.24, 2.45) is 0 Å². The van der Waals surface area contributed by atoms with Gasteiger partial charge >= 0.3 is 0 Å². The van der Waals surface area contributed by atoms with E-state index in [0.717, 1.165) is 6.54 Å². The van der Waals surface area contributed by atoms with E-state index in [9.17, 15) is 4.79 Å². The molecule has 1 unspecified atom stereocenters. The Morgan fingerprint density at radius 2 is 2.29 bits per heavy atom. The summed E-state index contributed by atoms with van der Waals surface area (Å²) in [6.07, 6.45) is 3.56. The first-order valence-electron chi connectivity index (χ1n) is 4.61. The number of carbonyl (C=O) groups is 1. The van der Waals surface area contributed by atoms with Gasteiger partial charge < -0.3 is 10.1 Å². The third kappa shape index (κ3) is 2.12. The molecule has 0 radical (unpaired) electrons. The van der Waals surface area contributed by atoms with Crippen LogP contribution in [0.2, 0.25) is 0 Å². The minimum Gasteiger partial charge on any atom is -0.378 e. The second kappa shape index (κ2) is 4.26. The first-order chi connectivity index (χ1) is 6.86. The van der Waals surface area contributed by atoms with Gasteiger partial charge in [-0.15, -0.1) is 0 Å². The minimum absolute atomic E-state index is 0.0686. The van der Waals surface area contributed by atoms with Crippen molar-refractivity contribution in [1.29, 1.82) is 0 Å². The van der Waals surface area contributed by atoms with Gasteiger partial charge in [-0.3, -0.25) is 14.9 Å². The fourth-order valence-corrected chi connectivity index (χ4v) is 1.35. The van der Waals surface area contributed by atoms with Gasteiger partial charge in [-0.25, -0.2) is 0 Å². The molecule has 2 N–H and O–H groups in total. The first kappa shape index (κ1) is 9.23. The van der Waals surface area contributed by atoms with Crippen molar-refractivity contribution in [3.05, 3.63) is 24.5 Å². The Morgan fingerprint density at radius 1 is 1.50 bits per heavy atom. The van der Waals surface area contributed by atoms with Crippen molar-refractivity contribution in [2.45, 2.75) is 6.04 Å². The molecule has 1 aliphatic rings. The molecule has 1 fully saturated rings. The summed E-state index contributed by atoms with van der Waals surface area (Å²) in [5.41, 5.74) is 2.73. The van der Waals surface area contributed by atoms with Crippen LogP contribution in [0, 0.1) is 0 Å². The van der Waals surface area contributed by atoms with Crippen LogP contribution in [0.3, 0.4) is 0 Å². The van der Waals surface area contributed by atoms with Gasteiger partial charge in [-0.2, -0.15) is 0 Å². The van der Waals surface area contributed by atoms with E-state index in [4.69, 9.17) is 4.74 Å². The van der Waals surface area contributed by atoms with Gasteiger partial charge in [-0.05, 0) is 12.1 Å². The Labute approximate surface area is 82.0 Å². The third-order valence-electron chi connectivity index (χ3n) is 2.08. The Hall–Kier alpha value is -1.33. The van der Waals surface area contributed by atoms with Crippen molar-refractivity contribution in [3.63, 3.8) is 0 Å². The first-order valence-corrected chi connectivity index (χ1v) is 4.61. The second-order valence-corrected chi connectivity index (χ2v) is 3.15. The normalized spacial score (nSPS) is 21.9. The van der Waals surface area contributed by atoms with Gasteiger partial charge in [0, 0.05) is 18.9 Å². The molecule has 5 nitrogen and oxygen atoms in total. The standard InChI is InChI=1S/C9H13N3O2/c13-9(8-7-14-6-3-10-8)11-12-4-1-2-5-12/h1-2,4-5,8,10H,3,6-7H2,(H,11,13). The lowest BCUT2D eigenvalue weighted by Gasteiger charge is -2.22. The highest BCUT2D eigenvalue weighted by Crippen LogP contribution is 1.94. The molecule has 0 aliphatic carbocycles. The molecule has 1 aromatic rings. The maximum absolute atomic E-state index is 11.6. The Balaban J connectivity index is 1.88. The smallest absolute Gasteiger partial charge is 0.258 e. The van der Waals surface area contributed by atoms with E-state index >= 15 is 0 Å². The summed E-state index contributed by atoms with van der Waals surface area (Å²) in [6, 6.07) is 3.46. The Bertz CT molecular complexity index is 291. The predicted molar refractivity (Wildman–Crippen MR) is 51.4 cm³/mol. The number of nitrogens with one attached hydrogen (secondary N) is 2. The average molecular weight is 195 g/mol. The fraction of sp³-hybridized carbons (Fsp3) is 0.444. The summed E-state index contributed by atoms with van der Waals surface area (Å²) in [7, 11) is 0. The van der Waals surface area contributed by atoms with Crippen molar-refractivity contribution >= 4 is 5.91 Å². The van der Waals surface area contributed by atoms with Crippen LogP contribution in [0.25, 0.3) is 0 Å². The molecule has 1 aromatic heterocycles. The molecule has 1 aliphatic heterocycles. The van der Waals surface area contributed by atoms with Gasteiger partial charge in [-0.1, -0.05) is 0 Å². The van der Waals surface area contributed by atoms with Gasteiger partial charge in [0.1, 0.15) is 6.04 Å². The van der Waals surface area contributed by atoms with E-state index in [1.54, 1.807) is 17.1 Å². The van der Waals surface area contributed by atoms with Crippen LogP contribution < -0.4 is 10.7 Å². The molecule has 1 amide bonds. The van der Waals surface area contributed by atoms with E-state index in [-0.39, 0.29) is 11.9 Å². The number of aromatic nitrogens is 1. The zero-order valence-corrected chi connectivity index (χ0v) is 7.77. The SMILES string of the molecule is O=C(Nn1cccc1)C1COCCN1. The maximum atomic E-state index is 11.6. The summed E-state index contributed by atoms with van der Waals surface area (Å²) < 4.78 is 6.81. The molecule has 14 heavy (non-hydrogen) atoms. The summed E-state index contributed by atoms with van der Waals surface area (Å²) in [6.45, 7) is 1.84. The maximum Gasteiger partial charge on any atom is 0.258 e. The molecule has 0 spiro atoms. The molecular formula is C9H13N3O2. The molecule has 0 saturated carbocycles. The minimum atomic E-state index is -0.244. The monoisotopic (exact) mass is 195 g/mol. The Morgan fingerprint density at radius 3 is 2.93 bits per heavy atom. The molecular weight excluding hydrogens is 182 g/mol. The van der Waals surface area contributed by atoms with Gasteiger partial charge in [0.15, 0.2) is 0 Å². The quantitative estimate of drug-likeness (QED) is 0.672. The molecule has 2 rings (SSSR count). The number of rotatable bonds is 2. The number of nitrogens with zero attached hydrogens (tertiary/aromatic N) is 1. The molecule has 0 bridgehead atoms. The summed E-state index contributed by atoms with van der Waals surface area (Å²) >= 11 is 0. The number of hydrogen-bond donors (Lipinski definition) is 2. The average Bonchev–Trinajstić information content (AvgIpc) is 2.72. The Kier molecular flexibility index (Phi) is 2.81. The zero-order valence-electron chi connectivity index (χ0n) is 7.77. The van der Waals surface area contributed by atoms with Crippen LogP contribution in [0.1, 0.15) is 0 Å². The summed E-state index contributed by atoms with van der Waals surface area (Å²) in [4.78, 5) is 11.6. The van der Waals surface area contributed by atoms with Crippen LogP contribution in [-0.2, 0) is 9.53 Å². The van der Waals surface area contributed by atoms with Gasteiger partial charge in [0.25, 0.3) is 5.91 Å². The van der Waals surface area contributed by atoms with E-state index in [0.29, 0.717) is 13.2 Å². The van der Waals surface area contributed by atoms with Crippen LogP contribution in [0.5, 0.6) is 0 Å². The van der Waals surface area contributed by atoms with E-state index in [1.165, 1.54) is 0 Å². The molecule has 1 saturated heterocycles. The second-order valence-electron chi connectivity index (χ2n) is 3.15. The number of carbonyl (C=O) groups excluding carboxylic acids is 1. The van der Waals surface area contributed by atoms with Crippen molar-refractivity contribution < 1.29 is 9.53 Å². The lowest BCUT2D eigenvalue weighted by atomic mass is 10.3. The highest BCUT2D eigenvalue weighted by Gasteiger charge is 2.20. The topological polar surface area (TPSA) is 55.3 Å². The molecule has 76 valence electrons. The van der Waals surface area contributed by atoms with E-state index in [1.807, 2.05) is 12.1 Å². The predicted octanol–water partition coefficient (Wildman–Crippen LogP) is -0.453.